The van der Waals surface area contributed by atoms with E-state index in [9.17, 15) is 4.79 Å². The van der Waals surface area contributed by atoms with E-state index in [2.05, 4.69) is 4.90 Å². The van der Waals surface area contributed by atoms with Gasteiger partial charge in [0.05, 0.1) is 11.1 Å². The van der Waals surface area contributed by atoms with Gasteiger partial charge in [0, 0.05) is 29.1 Å². The molecular weight excluding hydrogens is 418 g/mol. The standard InChI is InChI=1S/C24H20ClNO3S/c1-15-11-20-19(13-26(14-28-20)9-8-16-4-6-17(25)7-5-16)24-22(15)23(27)21(29-24)12-18-3-2-10-30-18/h2-7,10-12H,8-9,13-14H2,1H3/b21-12+. The van der Waals surface area contributed by atoms with Gasteiger partial charge in [-0.25, -0.2) is 0 Å². The summed E-state index contributed by atoms with van der Waals surface area (Å²) in [5, 5.41) is 2.73. The highest BCUT2D eigenvalue weighted by Crippen LogP contribution is 2.44. The summed E-state index contributed by atoms with van der Waals surface area (Å²) in [5.74, 6) is 1.77. The molecule has 0 saturated carbocycles. The van der Waals surface area contributed by atoms with E-state index in [0.29, 0.717) is 30.3 Å². The second-order valence-corrected chi connectivity index (χ2v) is 8.95. The number of allylic oxidation sites excluding steroid dienone is 1. The van der Waals surface area contributed by atoms with E-state index >= 15 is 0 Å². The monoisotopic (exact) mass is 437 g/mol. The number of carbonyl (C=O) groups is 1. The molecular formula is C24H20ClNO3S. The van der Waals surface area contributed by atoms with Crippen molar-refractivity contribution in [3.8, 4) is 11.5 Å². The van der Waals surface area contributed by atoms with E-state index in [1.165, 1.54) is 5.56 Å². The molecule has 0 fully saturated rings. The number of aryl methyl sites for hydroxylation is 1. The molecule has 2 aliphatic heterocycles. The molecule has 5 rings (SSSR count). The Labute approximate surface area is 184 Å². The summed E-state index contributed by atoms with van der Waals surface area (Å²) in [6.07, 6.45) is 2.72. The average Bonchev–Trinajstić information content (AvgIpc) is 3.37. The molecule has 1 aromatic heterocycles. The summed E-state index contributed by atoms with van der Waals surface area (Å²) in [6, 6.07) is 13.8. The van der Waals surface area contributed by atoms with Crippen molar-refractivity contribution in [2.75, 3.05) is 13.3 Å². The van der Waals surface area contributed by atoms with E-state index in [-0.39, 0.29) is 5.78 Å². The average molecular weight is 438 g/mol. The number of fused-ring (bicyclic) bond motifs is 3. The first-order valence-corrected chi connectivity index (χ1v) is 11.1. The number of thiophene rings is 1. The predicted molar refractivity (Wildman–Crippen MR) is 119 cm³/mol. The van der Waals surface area contributed by atoms with Crippen molar-refractivity contribution in [1.82, 2.24) is 4.90 Å². The second kappa shape index (κ2) is 7.91. The van der Waals surface area contributed by atoms with Crippen molar-refractivity contribution >= 4 is 34.8 Å². The zero-order valence-corrected chi connectivity index (χ0v) is 18.1. The molecule has 6 heteroatoms. The highest BCUT2D eigenvalue weighted by Gasteiger charge is 2.35. The summed E-state index contributed by atoms with van der Waals surface area (Å²) in [4.78, 5) is 16.2. The van der Waals surface area contributed by atoms with Gasteiger partial charge in [0.15, 0.2) is 5.76 Å². The van der Waals surface area contributed by atoms with Crippen LogP contribution in [0.15, 0.2) is 53.6 Å². The first-order valence-electron chi connectivity index (χ1n) is 9.82. The fraction of sp³-hybridized carbons (Fsp3) is 0.208. The molecule has 30 heavy (non-hydrogen) atoms. The Balaban J connectivity index is 1.39. The molecule has 4 nitrogen and oxygen atoms in total. The minimum Gasteiger partial charge on any atom is -0.478 e. The van der Waals surface area contributed by atoms with Crippen molar-refractivity contribution in [3.63, 3.8) is 0 Å². The molecule has 3 heterocycles. The smallest absolute Gasteiger partial charge is 0.232 e. The largest absolute Gasteiger partial charge is 0.478 e. The zero-order chi connectivity index (χ0) is 20.7. The SMILES string of the molecule is Cc1cc2c(c3c1C(=O)/C(=C\c1cccs1)O3)CN(CCc1ccc(Cl)cc1)CO2. The Morgan fingerprint density at radius 3 is 2.83 bits per heavy atom. The molecule has 0 radical (unpaired) electrons. The second-order valence-electron chi connectivity index (χ2n) is 7.53. The number of halogens is 1. The number of hydrogen-bond donors (Lipinski definition) is 0. The molecule has 2 aliphatic rings. The topological polar surface area (TPSA) is 38.8 Å². The lowest BCUT2D eigenvalue weighted by Crippen LogP contribution is -2.33. The van der Waals surface area contributed by atoms with Crippen molar-refractivity contribution < 1.29 is 14.3 Å². The van der Waals surface area contributed by atoms with Crippen LogP contribution in [0.4, 0.5) is 0 Å². The van der Waals surface area contributed by atoms with Gasteiger partial charge in [0.25, 0.3) is 0 Å². The fourth-order valence-electron chi connectivity index (χ4n) is 3.86. The third kappa shape index (κ3) is 3.65. The van der Waals surface area contributed by atoms with Gasteiger partial charge in [-0.1, -0.05) is 29.8 Å². The van der Waals surface area contributed by atoms with Crippen LogP contribution in [0.3, 0.4) is 0 Å². The highest BCUT2D eigenvalue weighted by molar-refractivity contribution is 7.10. The van der Waals surface area contributed by atoms with Crippen molar-refractivity contribution in [2.24, 2.45) is 0 Å². The minimum absolute atomic E-state index is 0.0583. The van der Waals surface area contributed by atoms with Gasteiger partial charge < -0.3 is 9.47 Å². The number of nitrogens with zero attached hydrogens (tertiary/aromatic N) is 1. The van der Waals surface area contributed by atoms with Gasteiger partial charge in [-0.3, -0.25) is 9.69 Å². The molecule has 3 aromatic rings. The normalized spacial score (nSPS) is 16.9. The molecule has 2 aromatic carbocycles. The summed E-state index contributed by atoms with van der Waals surface area (Å²) < 4.78 is 12.1. The molecule has 0 unspecified atom stereocenters. The van der Waals surface area contributed by atoms with E-state index in [1.807, 2.05) is 60.8 Å². The number of ether oxygens (including phenoxy) is 2. The summed E-state index contributed by atoms with van der Waals surface area (Å²) in [5.41, 5.74) is 3.71. The van der Waals surface area contributed by atoms with E-state index in [4.69, 9.17) is 21.1 Å². The number of carbonyl (C=O) groups excluding carboxylic acids is 1. The molecule has 0 bridgehead atoms. The van der Waals surface area contributed by atoms with Crippen molar-refractivity contribution in [2.45, 2.75) is 19.9 Å². The Kier molecular flexibility index (Phi) is 5.11. The molecule has 0 N–H and O–H groups in total. The summed E-state index contributed by atoms with van der Waals surface area (Å²) in [6.45, 7) is 3.98. The number of benzene rings is 2. The van der Waals surface area contributed by atoms with Crippen molar-refractivity contribution in [1.29, 1.82) is 0 Å². The van der Waals surface area contributed by atoms with Gasteiger partial charge in [-0.2, -0.15) is 0 Å². The number of Topliss-reactive ketones (excluding diaryl/α,β-unsaturated/α-hetero) is 1. The zero-order valence-electron chi connectivity index (χ0n) is 16.5. The predicted octanol–water partition coefficient (Wildman–Crippen LogP) is 5.72. The van der Waals surface area contributed by atoms with Crippen LogP contribution in [0.1, 0.15) is 31.9 Å². The first-order chi connectivity index (χ1) is 14.6. The van der Waals surface area contributed by atoms with Crippen LogP contribution in [0.5, 0.6) is 11.5 Å². The fourth-order valence-corrected chi connectivity index (χ4v) is 4.63. The van der Waals surface area contributed by atoms with Crippen LogP contribution >= 0.6 is 22.9 Å². The van der Waals surface area contributed by atoms with Crippen LogP contribution in [-0.4, -0.2) is 24.0 Å². The van der Waals surface area contributed by atoms with Gasteiger partial charge >= 0.3 is 0 Å². The molecule has 0 atom stereocenters. The molecule has 0 saturated heterocycles. The third-order valence-corrected chi connectivity index (χ3v) is 6.51. The maximum absolute atomic E-state index is 13.0. The van der Waals surface area contributed by atoms with Gasteiger partial charge in [0.1, 0.15) is 18.2 Å². The Hall–Kier alpha value is -2.60. The van der Waals surface area contributed by atoms with E-state index in [0.717, 1.165) is 39.7 Å². The van der Waals surface area contributed by atoms with Gasteiger partial charge in [-0.05, 0) is 54.1 Å². The van der Waals surface area contributed by atoms with Crippen LogP contribution in [0.2, 0.25) is 5.02 Å². The maximum atomic E-state index is 13.0. The molecule has 0 spiro atoms. The van der Waals surface area contributed by atoms with Crippen LogP contribution in [-0.2, 0) is 13.0 Å². The number of rotatable bonds is 4. The Bertz CT molecular complexity index is 1140. The van der Waals surface area contributed by atoms with Crippen LogP contribution in [0, 0.1) is 6.92 Å². The van der Waals surface area contributed by atoms with E-state index in [1.54, 1.807) is 11.3 Å². The lowest BCUT2D eigenvalue weighted by molar-refractivity contribution is 0.0949. The quantitative estimate of drug-likeness (QED) is 0.489. The highest BCUT2D eigenvalue weighted by atomic mass is 35.5. The Morgan fingerprint density at radius 1 is 1.23 bits per heavy atom. The number of hydrogen-bond acceptors (Lipinski definition) is 5. The van der Waals surface area contributed by atoms with Crippen molar-refractivity contribution in [3.05, 3.63) is 85.8 Å². The lowest BCUT2D eigenvalue weighted by Gasteiger charge is -2.30. The maximum Gasteiger partial charge on any atom is 0.232 e. The van der Waals surface area contributed by atoms with Crippen LogP contribution < -0.4 is 9.47 Å². The van der Waals surface area contributed by atoms with Crippen LogP contribution in [0.25, 0.3) is 6.08 Å². The van der Waals surface area contributed by atoms with E-state index < -0.39 is 0 Å². The summed E-state index contributed by atoms with van der Waals surface area (Å²) in [7, 11) is 0. The minimum atomic E-state index is -0.0583. The number of ketones is 1. The third-order valence-electron chi connectivity index (χ3n) is 5.43. The molecule has 152 valence electrons. The lowest BCUT2D eigenvalue weighted by atomic mass is 9.98. The van der Waals surface area contributed by atoms with Gasteiger partial charge in [-0.15, -0.1) is 11.3 Å². The summed E-state index contributed by atoms with van der Waals surface area (Å²) >= 11 is 7.56. The molecule has 0 aliphatic carbocycles. The first kappa shape index (κ1) is 19.4. The van der Waals surface area contributed by atoms with Gasteiger partial charge in [0.2, 0.25) is 5.78 Å². The molecule has 0 amide bonds. The Morgan fingerprint density at radius 2 is 2.07 bits per heavy atom.